The maximum atomic E-state index is 11.5. The molecule has 4 aromatic rings. The van der Waals surface area contributed by atoms with Gasteiger partial charge in [-0.2, -0.15) is 5.21 Å². The van der Waals surface area contributed by atoms with Gasteiger partial charge in [0.05, 0.1) is 17.7 Å². The van der Waals surface area contributed by atoms with Gasteiger partial charge in [0.1, 0.15) is 0 Å². The van der Waals surface area contributed by atoms with Crippen LogP contribution >= 0.6 is 0 Å². The van der Waals surface area contributed by atoms with Gasteiger partial charge in [-0.1, -0.05) is 29.5 Å². The summed E-state index contributed by atoms with van der Waals surface area (Å²) in [6, 6.07) is 11.5. The van der Waals surface area contributed by atoms with Crippen molar-refractivity contribution >= 4 is 0 Å². The number of aromatic nitrogens is 7. The van der Waals surface area contributed by atoms with E-state index < -0.39 is 0 Å². The minimum absolute atomic E-state index is 0.126. The minimum Gasteiger partial charge on any atom is -0.330 e. The second-order valence-electron chi connectivity index (χ2n) is 6.32. The Morgan fingerprint density at radius 3 is 2.78 bits per heavy atom. The largest absolute Gasteiger partial charge is 0.330 e. The van der Waals surface area contributed by atoms with Gasteiger partial charge < -0.3 is 9.55 Å². The molecule has 2 N–H and O–H groups in total. The molecule has 3 heterocycles. The Balaban J connectivity index is 1.71. The van der Waals surface area contributed by atoms with E-state index in [9.17, 15) is 4.79 Å². The molecule has 136 valence electrons. The van der Waals surface area contributed by atoms with E-state index in [4.69, 9.17) is 0 Å². The monoisotopic (exact) mass is 361 g/mol. The summed E-state index contributed by atoms with van der Waals surface area (Å²) in [5, 5.41) is 14.0. The number of nitrogens with zero attached hydrogens (tertiary/aromatic N) is 5. The maximum absolute atomic E-state index is 11.5. The second kappa shape index (κ2) is 7.36. The Hall–Kier alpha value is -3.55. The average Bonchev–Trinajstić information content (AvgIpc) is 3.33. The molecule has 0 atom stereocenters. The fourth-order valence-electron chi connectivity index (χ4n) is 3.14. The lowest BCUT2D eigenvalue weighted by Gasteiger charge is -2.11. The van der Waals surface area contributed by atoms with E-state index >= 15 is 0 Å². The highest BCUT2D eigenvalue weighted by molar-refractivity contribution is 5.79. The first kappa shape index (κ1) is 16.9. The van der Waals surface area contributed by atoms with Gasteiger partial charge in [0.15, 0.2) is 5.82 Å². The molecule has 27 heavy (non-hydrogen) atoms. The fraction of sp³-hybridized carbons (Fsp3) is 0.211. The molecule has 0 aliphatic heterocycles. The normalized spacial score (nSPS) is 11.0. The van der Waals surface area contributed by atoms with Crippen molar-refractivity contribution in [2.75, 3.05) is 0 Å². The number of hydrogen-bond donors (Lipinski definition) is 2. The summed E-state index contributed by atoms with van der Waals surface area (Å²) in [6.45, 7) is 2.82. The van der Waals surface area contributed by atoms with Gasteiger partial charge in [0.2, 0.25) is 5.56 Å². The third-order valence-electron chi connectivity index (χ3n) is 4.48. The van der Waals surface area contributed by atoms with E-state index in [1.165, 1.54) is 6.07 Å². The number of nitrogens with one attached hydrogen (secondary N) is 2. The van der Waals surface area contributed by atoms with Crippen molar-refractivity contribution < 1.29 is 0 Å². The Morgan fingerprint density at radius 2 is 2.04 bits per heavy atom. The molecule has 1 aromatic carbocycles. The highest BCUT2D eigenvalue weighted by Gasteiger charge is 2.16. The highest BCUT2D eigenvalue weighted by atomic mass is 16.1. The number of rotatable bonds is 6. The molecule has 0 amide bonds. The summed E-state index contributed by atoms with van der Waals surface area (Å²) in [6.07, 6.45) is 5.15. The third kappa shape index (κ3) is 3.55. The van der Waals surface area contributed by atoms with E-state index in [0.29, 0.717) is 5.82 Å². The smallest absolute Gasteiger partial charge is 0.247 e. The summed E-state index contributed by atoms with van der Waals surface area (Å²) in [7, 11) is 0. The molecule has 0 spiro atoms. The molecule has 0 bridgehead atoms. The van der Waals surface area contributed by atoms with Crippen LogP contribution in [0.5, 0.6) is 0 Å². The molecule has 0 saturated carbocycles. The average molecular weight is 361 g/mol. The van der Waals surface area contributed by atoms with E-state index in [2.05, 4.69) is 54.2 Å². The van der Waals surface area contributed by atoms with Crippen LogP contribution in [0.1, 0.15) is 17.8 Å². The first-order valence-corrected chi connectivity index (χ1v) is 8.75. The predicted octanol–water partition coefficient (Wildman–Crippen LogP) is 2.36. The second-order valence-corrected chi connectivity index (χ2v) is 6.32. The van der Waals surface area contributed by atoms with Crippen molar-refractivity contribution in [3.8, 4) is 22.5 Å². The number of benzene rings is 1. The minimum atomic E-state index is -0.126. The van der Waals surface area contributed by atoms with Crippen LogP contribution in [-0.2, 0) is 13.0 Å². The molecule has 0 radical (unpaired) electrons. The molecule has 0 saturated heterocycles. The Kier molecular flexibility index (Phi) is 4.61. The summed E-state index contributed by atoms with van der Waals surface area (Å²) in [5.41, 5.74) is 4.91. The predicted molar refractivity (Wildman–Crippen MR) is 101 cm³/mol. The van der Waals surface area contributed by atoms with Crippen LogP contribution in [0.4, 0.5) is 0 Å². The van der Waals surface area contributed by atoms with Gasteiger partial charge in [-0.05, 0) is 25.0 Å². The Bertz CT molecular complexity index is 1070. The Labute approximate surface area is 155 Å². The molecule has 8 nitrogen and oxygen atoms in total. The molecular weight excluding hydrogens is 342 g/mol. The van der Waals surface area contributed by atoms with Crippen LogP contribution in [0.15, 0.2) is 53.7 Å². The molecule has 0 fully saturated rings. The maximum Gasteiger partial charge on any atom is 0.247 e. The van der Waals surface area contributed by atoms with Gasteiger partial charge in [0, 0.05) is 36.4 Å². The van der Waals surface area contributed by atoms with E-state index in [0.717, 1.165) is 47.5 Å². The third-order valence-corrected chi connectivity index (χ3v) is 4.48. The fourth-order valence-corrected chi connectivity index (χ4v) is 3.14. The lowest BCUT2D eigenvalue weighted by molar-refractivity contribution is 0.633. The molecule has 3 aromatic heterocycles. The summed E-state index contributed by atoms with van der Waals surface area (Å²) < 4.78 is 2.11. The molecule has 0 unspecified atom stereocenters. The quantitative estimate of drug-likeness (QED) is 0.548. The van der Waals surface area contributed by atoms with Crippen molar-refractivity contribution in [2.24, 2.45) is 0 Å². The van der Waals surface area contributed by atoms with Crippen LogP contribution in [0.25, 0.3) is 22.5 Å². The topological polar surface area (TPSA) is 105 Å². The molecule has 8 heteroatoms. The Morgan fingerprint density at radius 1 is 1.15 bits per heavy atom. The zero-order valence-electron chi connectivity index (χ0n) is 14.9. The SMILES string of the molecule is Cc1ccccc1-c1ncn(CCCc2nn[nH]n2)c1-c1ccc(=O)[nH]c1. The zero-order valence-corrected chi connectivity index (χ0v) is 14.9. The number of imidazole rings is 1. The van der Waals surface area contributed by atoms with E-state index in [1.807, 2.05) is 24.5 Å². The van der Waals surface area contributed by atoms with Gasteiger partial charge in [-0.25, -0.2) is 4.98 Å². The lowest BCUT2D eigenvalue weighted by Crippen LogP contribution is -2.05. The van der Waals surface area contributed by atoms with Gasteiger partial charge in [0.25, 0.3) is 0 Å². The van der Waals surface area contributed by atoms with Crippen molar-refractivity contribution in [1.29, 1.82) is 0 Å². The van der Waals surface area contributed by atoms with Gasteiger partial charge in [-0.15, -0.1) is 10.2 Å². The number of aromatic amines is 2. The van der Waals surface area contributed by atoms with Crippen LogP contribution in [0.3, 0.4) is 0 Å². The van der Waals surface area contributed by atoms with Crippen molar-refractivity contribution in [3.05, 3.63) is 70.7 Å². The van der Waals surface area contributed by atoms with E-state index in [-0.39, 0.29) is 5.56 Å². The number of tetrazole rings is 1. The van der Waals surface area contributed by atoms with Crippen LogP contribution < -0.4 is 5.56 Å². The molecular formula is C19H19N7O. The number of hydrogen-bond acceptors (Lipinski definition) is 5. The van der Waals surface area contributed by atoms with Crippen molar-refractivity contribution in [2.45, 2.75) is 26.3 Å². The summed E-state index contributed by atoms with van der Waals surface area (Å²) >= 11 is 0. The van der Waals surface area contributed by atoms with Crippen molar-refractivity contribution in [3.63, 3.8) is 0 Å². The van der Waals surface area contributed by atoms with Gasteiger partial charge in [-0.3, -0.25) is 4.79 Å². The number of aryl methyl sites for hydroxylation is 3. The zero-order chi connectivity index (χ0) is 18.6. The van der Waals surface area contributed by atoms with Crippen LogP contribution in [0, 0.1) is 6.92 Å². The van der Waals surface area contributed by atoms with Crippen LogP contribution in [0.2, 0.25) is 0 Å². The first-order chi connectivity index (χ1) is 13.2. The van der Waals surface area contributed by atoms with Crippen molar-refractivity contribution in [1.82, 2.24) is 35.2 Å². The number of H-pyrrole nitrogens is 2. The lowest BCUT2D eigenvalue weighted by atomic mass is 10.0. The highest BCUT2D eigenvalue weighted by Crippen LogP contribution is 2.32. The number of pyridine rings is 1. The molecule has 4 rings (SSSR count). The van der Waals surface area contributed by atoms with Crippen LogP contribution in [-0.4, -0.2) is 35.2 Å². The standard InChI is InChI=1S/C19H19N7O/c1-13-5-2-3-6-15(13)18-19(14-8-9-17(27)20-11-14)26(12-21-18)10-4-7-16-22-24-25-23-16/h2-3,5-6,8-9,11-12H,4,7,10H2,1H3,(H,20,27)(H,22,23,24,25). The first-order valence-electron chi connectivity index (χ1n) is 8.75. The van der Waals surface area contributed by atoms with Gasteiger partial charge >= 0.3 is 0 Å². The summed E-state index contributed by atoms with van der Waals surface area (Å²) in [5.74, 6) is 0.694. The molecule has 0 aliphatic rings. The van der Waals surface area contributed by atoms with E-state index in [1.54, 1.807) is 6.20 Å². The summed E-state index contributed by atoms with van der Waals surface area (Å²) in [4.78, 5) is 18.9. The molecule has 0 aliphatic carbocycles.